The van der Waals surface area contributed by atoms with Gasteiger partial charge in [0.2, 0.25) is 0 Å². The molecule has 1 aromatic heterocycles. The number of likely N-dealkylation sites (tertiary alicyclic amines) is 1. The summed E-state index contributed by atoms with van der Waals surface area (Å²) in [5.41, 5.74) is 2.35. The van der Waals surface area contributed by atoms with Gasteiger partial charge in [-0.3, -0.25) is 9.88 Å². The topological polar surface area (TPSA) is 39.9 Å². The monoisotopic (exact) mass is 215 g/mol. The van der Waals surface area contributed by atoms with E-state index in [0.717, 1.165) is 18.8 Å². The zero-order chi connectivity index (χ0) is 11.4. The van der Waals surface area contributed by atoms with Crippen LogP contribution in [0.2, 0.25) is 0 Å². The molecule has 0 saturated carbocycles. The van der Waals surface area contributed by atoms with Crippen molar-refractivity contribution in [3.8, 4) is 6.07 Å². The summed E-state index contributed by atoms with van der Waals surface area (Å²) in [4.78, 5) is 6.75. The summed E-state index contributed by atoms with van der Waals surface area (Å²) in [6, 6.07) is 6.92. The fourth-order valence-corrected chi connectivity index (χ4v) is 2.34. The fraction of sp³-hybridized carbons (Fsp3) is 0.538. The van der Waals surface area contributed by atoms with Gasteiger partial charge in [-0.15, -0.1) is 0 Å². The predicted octanol–water partition coefficient (Wildman–Crippen LogP) is 2.44. The average Bonchev–Trinajstić information content (AvgIpc) is 2.75. The van der Waals surface area contributed by atoms with Gasteiger partial charge in [0.05, 0.1) is 6.07 Å². The lowest BCUT2D eigenvalue weighted by molar-refractivity contribution is 0.263. The van der Waals surface area contributed by atoms with Crippen LogP contribution in [0.4, 0.5) is 0 Å². The maximum atomic E-state index is 8.63. The first-order valence-corrected chi connectivity index (χ1v) is 5.85. The zero-order valence-electron chi connectivity index (χ0n) is 9.69. The molecule has 1 fully saturated rings. The molecule has 3 heteroatoms. The van der Waals surface area contributed by atoms with E-state index in [1.165, 1.54) is 18.4 Å². The van der Waals surface area contributed by atoms with Crippen LogP contribution < -0.4 is 0 Å². The lowest BCUT2D eigenvalue weighted by Crippen LogP contribution is -2.24. The molecule has 3 nitrogen and oxygen atoms in total. The number of aryl methyl sites for hydroxylation is 1. The molecule has 1 aromatic rings. The summed E-state index contributed by atoms with van der Waals surface area (Å²) < 4.78 is 0. The van der Waals surface area contributed by atoms with Gasteiger partial charge in [-0.1, -0.05) is 6.07 Å². The van der Waals surface area contributed by atoms with E-state index in [0.29, 0.717) is 12.5 Å². The SMILES string of the molecule is Cc1ccc([C@H]2CCCN2CCC#N)cn1. The number of nitriles is 1. The fourth-order valence-electron chi connectivity index (χ4n) is 2.34. The van der Waals surface area contributed by atoms with Gasteiger partial charge in [0.15, 0.2) is 0 Å². The van der Waals surface area contributed by atoms with E-state index in [9.17, 15) is 0 Å². The Morgan fingerprint density at radius 1 is 1.56 bits per heavy atom. The maximum Gasteiger partial charge on any atom is 0.0635 e. The van der Waals surface area contributed by atoms with Gasteiger partial charge in [-0.25, -0.2) is 0 Å². The van der Waals surface area contributed by atoms with E-state index >= 15 is 0 Å². The Kier molecular flexibility index (Phi) is 3.53. The van der Waals surface area contributed by atoms with E-state index in [1.54, 1.807) is 0 Å². The van der Waals surface area contributed by atoms with E-state index in [2.05, 4.69) is 28.1 Å². The smallest absolute Gasteiger partial charge is 0.0635 e. The molecule has 0 unspecified atom stereocenters. The number of aromatic nitrogens is 1. The third-order valence-electron chi connectivity index (χ3n) is 3.19. The van der Waals surface area contributed by atoms with Crippen molar-refractivity contribution in [2.45, 2.75) is 32.2 Å². The van der Waals surface area contributed by atoms with Crippen LogP contribution in [0.3, 0.4) is 0 Å². The third-order valence-corrected chi connectivity index (χ3v) is 3.19. The van der Waals surface area contributed by atoms with E-state index < -0.39 is 0 Å². The standard InChI is InChI=1S/C13H17N3/c1-11-5-6-12(10-15-11)13-4-2-8-16(13)9-3-7-14/h5-6,10,13H,2-4,8-9H2,1H3/t13-/m1/s1. The van der Waals surface area contributed by atoms with Crippen molar-refractivity contribution in [1.82, 2.24) is 9.88 Å². The van der Waals surface area contributed by atoms with Crippen LogP contribution in [0.15, 0.2) is 18.3 Å². The summed E-state index contributed by atoms with van der Waals surface area (Å²) in [5, 5.41) is 8.63. The van der Waals surface area contributed by atoms with Gasteiger partial charge in [0.1, 0.15) is 0 Å². The van der Waals surface area contributed by atoms with E-state index in [-0.39, 0.29) is 0 Å². The Morgan fingerprint density at radius 3 is 3.12 bits per heavy atom. The largest absolute Gasteiger partial charge is 0.295 e. The minimum absolute atomic E-state index is 0.474. The molecule has 0 spiro atoms. The van der Waals surface area contributed by atoms with Crippen LogP contribution in [0.1, 0.15) is 36.6 Å². The van der Waals surface area contributed by atoms with Crippen LogP contribution in [0, 0.1) is 18.3 Å². The third kappa shape index (κ3) is 2.40. The molecule has 1 atom stereocenters. The molecule has 1 aliphatic heterocycles. The van der Waals surface area contributed by atoms with Crippen molar-refractivity contribution in [3.63, 3.8) is 0 Å². The lowest BCUT2D eigenvalue weighted by atomic mass is 10.1. The molecule has 0 radical (unpaired) electrons. The molecule has 0 bridgehead atoms. The van der Waals surface area contributed by atoms with Crippen LogP contribution >= 0.6 is 0 Å². The summed E-state index contributed by atoms with van der Waals surface area (Å²) >= 11 is 0. The highest BCUT2D eigenvalue weighted by Gasteiger charge is 2.25. The maximum absolute atomic E-state index is 8.63. The quantitative estimate of drug-likeness (QED) is 0.777. The first-order chi connectivity index (χ1) is 7.81. The lowest BCUT2D eigenvalue weighted by Gasteiger charge is -2.23. The average molecular weight is 215 g/mol. The summed E-state index contributed by atoms with van der Waals surface area (Å²) in [5.74, 6) is 0. The Hall–Kier alpha value is -1.40. The highest BCUT2D eigenvalue weighted by molar-refractivity contribution is 5.18. The minimum atomic E-state index is 0.474. The van der Waals surface area contributed by atoms with Crippen molar-refractivity contribution < 1.29 is 0 Å². The molecule has 0 N–H and O–H groups in total. The van der Waals surface area contributed by atoms with Crippen molar-refractivity contribution in [2.24, 2.45) is 0 Å². The molecular weight excluding hydrogens is 198 g/mol. The van der Waals surface area contributed by atoms with Crippen LogP contribution in [0.25, 0.3) is 0 Å². The van der Waals surface area contributed by atoms with Gasteiger partial charge in [0.25, 0.3) is 0 Å². The summed E-state index contributed by atoms with van der Waals surface area (Å²) in [7, 11) is 0. The Labute approximate surface area is 96.7 Å². The van der Waals surface area contributed by atoms with Crippen LogP contribution in [0.5, 0.6) is 0 Å². The molecule has 16 heavy (non-hydrogen) atoms. The first-order valence-electron chi connectivity index (χ1n) is 5.85. The van der Waals surface area contributed by atoms with Gasteiger partial charge >= 0.3 is 0 Å². The van der Waals surface area contributed by atoms with Crippen molar-refractivity contribution in [3.05, 3.63) is 29.6 Å². The molecule has 84 valence electrons. The van der Waals surface area contributed by atoms with Crippen molar-refractivity contribution in [1.29, 1.82) is 5.26 Å². The van der Waals surface area contributed by atoms with Gasteiger partial charge in [-0.05, 0) is 37.9 Å². The summed E-state index contributed by atoms with van der Waals surface area (Å²) in [6.45, 7) is 4.00. The van der Waals surface area contributed by atoms with Gasteiger partial charge in [0, 0.05) is 30.9 Å². The van der Waals surface area contributed by atoms with E-state index in [1.807, 2.05) is 13.1 Å². The second-order valence-electron chi connectivity index (χ2n) is 4.34. The zero-order valence-corrected chi connectivity index (χ0v) is 9.69. The number of nitrogens with zero attached hydrogens (tertiary/aromatic N) is 3. The second-order valence-corrected chi connectivity index (χ2v) is 4.34. The highest BCUT2D eigenvalue weighted by atomic mass is 15.2. The Bertz CT molecular complexity index is 377. The highest BCUT2D eigenvalue weighted by Crippen LogP contribution is 2.31. The molecule has 2 rings (SSSR count). The molecule has 1 saturated heterocycles. The molecule has 0 amide bonds. The Balaban J connectivity index is 2.07. The molecular formula is C13H17N3. The number of hydrogen-bond acceptors (Lipinski definition) is 3. The van der Waals surface area contributed by atoms with Crippen molar-refractivity contribution >= 4 is 0 Å². The minimum Gasteiger partial charge on any atom is -0.295 e. The second kappa shape index (κ2) is 5.09. The van der Waals surface area contributed by atoms with Crippen LogP contribution in [-0.2, 0) is 0 Å². The first kappa shape index (κ1) is 11.1. The normalized spacial score (nSPS) is 20.9. The predicted molar refractivity (Wildman–Crippen MR) is 62.8 cm³/mol. The Morgan fingerprint density at radius 2 is 2.44 bits per heavy atom. The molecule has 1 aliphatic rings. The molecule has 0 aliphatic carbocycles. The molecule has 0 aromatic carbocycles. The number of pyridine rings is 1. The van der Waals surface area contributed by atoms with E-state index in [4.69, 9.17) is 5.26 Å². The van der Waals surface area contributed by atoms with Gasteiger partial charge < -0.3 is 0 Å². The van der Waals surface area contributed by atoms with Crippen LogP contribution in [-0.4, -0.2) is 23.0 Å². The van der Waals surface area contributed by atoms with Crippen molar-refractivity contribution in [2.75, 3.05) is 13.1 Å². The van der Waals surface area contributed by atoms with Gasteiger partial charge in [-0.2, -0.15) is 5.26 Å². The summed E-state index contributed by atoms with van der Waals surface area (Å²) in [6.07, 6.45) is 5.01. The number of hydrogen-bond donors (Lipinski definition) is 0. The molecule has 2 heterocycles. The number of rotatable bonds is 3.